The van der Waals surface area contributed by atoms with Crippen LogP contribution in [0.1, 0.15) is 42.3 Å². The van der Waals surface area contributed by atoms with Gasteiger partial charge in [-0.3, -0.25) is 4.79 Å². The van der Waals surface area contributed by atoms with Crippen molar-refractivity contribution in [3.63, 3.8) is 0 Å². The van der Waals surface area contributed by atoms with Gasteiger partial charge in [0.25, 0.3) is 0 Å². The number of aryl methyl sites for hydroxylation is 1. The molecule has 2 aromatic rings. The first-order valence-electron chi connectivity index (χ1n) is 8.82. The Kier molecular flexibility index (Phi) is 5.23. The third-order valence-electron chi connectivity index (χ3n) is 3.91. The fourth-order valence-electron chi connectivity index (χ4n) is 2.81. The van der Waals surface area contributed by atoms with Crippen LogP contribution in [0, 0.1) is 12.7 Å². The van der Waals surface area contributed by atoms with Gasteiger partial charge in [-0.05, 0) is 51.5 Å². The van der Waals surface area contributed by atoms with Crippen molar-refractivity contribution in [2.45, 2.75) is 33.3 Å². The Morgan fingerprint density at radius 3 is 2.61 bits per heavy atom. The molecule has 0 saturated carbocycles. The van der Waals surface area contributed by atoms with Crippen LogP contribution in [0.3, 0.4) is 0 Å². The number of carbonyl (C=O) groups is 2. The number of Topliss-reactive ketones (excluding diaryl/α,β-unsaturated/α-hetero) is 1. The van der Waals surface area contributed by atoms with Crippen LogP contribution in [0.15, 0.2) is 42.2 Å². The molecule has 3 rings (SSSR count). The zero-order chi connectivity index (χ0) is 20.5. The van der Waals surface area contributed by atoms with E-state index in [0.29, 0.717) is 22.6 Å². The Morgan fingerprint density at radius 2 is 1.93 bits per heavy atom. The molecular formula is C22H21FO5. The van der Waals surface area contributed by atoms with Crippen LogP contribution >= 0.6 is 0 Å². The summed E-state index contributed by atoms with van der Waals surface area (Å²) in [7, 11) is 0. The predicted octanol–water partition coefficient (Wildman–Crippen LogP) is 4.47. The molecule has 0 bridgehead atoms. The number of halogens is 1. The van der Waals surface area contributed by atoms with Crippen molar-refractivity contribution in [1.29, 1.82) is 0 Å². The molecule has 0 saturated heterocycles. The van der Waals surface area contributed by atoms with E-state index >= 15 is 0 Å². The Labute approximate surface area is 162 Å². The first-order valence-corrected chi connectivity index (χ1v) is 8.82. The van der Waals surface area contributed by atoms with Gasteiger partial charge in [-0.1, -0.05) is 18.2 Å². The van der Waals surface area contributed by atoms with E-state index in [1.807, 2.05) is 0 Å². The van der Waals surface area contributed by atoms with Crippen LogP contribution in [-0.2, 0) is 9.53 Å². The monoisotopic (exact) mass is 384 g/mol. The molecule has 1 aliphatic rings. The van der Waals surface area contributed by atoms with E-state index < -0.39 is 17.4 Å². The summed E-state index contributed by atoms with van der Waals surface area (Å²) in [5, 5.41) is 0. The zero-order valence-corrected chi connectivity index (χ0v) is 16.2. The molecule has 0 amide bonds. The topological polar surface area (TPSA) is 61.8 Å². The Bertz CT molecular complexity index is 969. The Balaban J connectivity index is 1.79. The number of allylic oxidation sites excluding steroid dienone is 1. The second-order valence-corrected chi connectivity index (χ2v) is 7.45. The number of ketones is 1. The quantitative estimate of drug-likeness (QED) is 0.575. The molecule has 146 valence electrons. The largest absolute Gasteiger partial charge is 0.482 e. The SMILES string of the molecule is Cc1cc(OCC(=O)OC(C)(C)C)cc2c1C(=O)/C(=C/c1ccccc1F)O2. The van der Waals surface area contributed by atoms with Gasteiger partial charge in [0.2, 0.25) is 5.78 Å². The summed E-state index contributed by atoms with van der Waals surface area (Å²) < 4.78 is 30.2. The van der Waals surface area contributed by atoms with E-state index in [2.05, 4.69) is 0 Å². The maximum absolute atomic E-state index is 13.9. The number of hydrogen-bond acceptors (Lipinski definition) is 5. The smallest absolute Gasteiger partial charge is 0.344 e. The highest BCUT2D eigenvalue weighted by Gasteiger charge is 2.30. The molecular weight excluding hydrogens is 363 g/mol. The van der Waals surface area contributed by atoms with Crippen molar-refractivity contribution in [3.8, 4) is 11.5 Å². The lowest BCUT2D eigenvalue weighted by Gasteiger charge is -2.19. The summed E-state index contributed by atoms with van der Waals surface area (Å²) in [6, 6.07) is 9.30. The molecule has 0 unspecified atom stereocenters. The lowest BCUT2D eigenvalue weighted by atomic mass is 10.0. The van der Waals surface area contributed by atoms with Crippen LogP contribution in [-0.4, -0.2) is 24.0 Å². The van der Waals surface area contributed by atoms with Crippen LogP contribution in [0.4, 0.5) is 4.39 Å². The van der Waals surface area contributed by atoms with Crippen LogP contribution in [0.2, 0.25) is 0 Å². The normalized spacial score (nSPS) is 14.6. The number of hydrogen-bond donors (Lipinski definition) is 0. The van der Waals surface area contributed by atoms with Crippen molar-refractivity contribution >= 4 is 17.8 Å². The zero-order valence-electron chi connectivity index (χ0n) is 16.2. The molecule has 2 aromatic carbocycles. The van der Waals surface area contributed by atoms with Gasteiger partial charge in [0.1, 0.15) is 22.9 Å². The van der Waals surface area contributed by atoms with Gasteiger partial charge < -0.3 is 14.2 Å². The fraction of sp³-hybridized carbons (Fsp3) is 0.273. The second kappa shape index (κ2) is 7.46. The number of fused-ring (bicyclic) bond motifs is 1. The standard InChI is InChI=1S/C22H21FO5/c1-13-9-15(26-12-19(24)28-22(2,3)4)11-17-20(13)21(25)18(27-17)10-14-7-5-6-8-16(14)23/h5-11H,12H2,1-4H3/b18-10-. The molecule has 0 N–H and O–H groups in total. The third-order valence-corrected chi connectivity index (χ3v) is 3.91. The highest BCUT2D eigenvalue weighted by molar-refractivity contribution is 6.15. The molecule has 5 nitrogen and oxygen atoms in total. The van der Waals surface area contributed by atoms with Gasteiger partial charge in [0.05, 0.1) is 5.56 Å². The molecule has 0 aliphatic carbocycles. The van der Waals surface area contributed by atoms with Gasteiger partial charge in [0.15, 0.2) is 12.4 Å². The molecule has 0 radical (unpaired) electrons. The molecule has 28 heavy (non-hydrogen) atoms. The number of carbonyl (C=O) groups excluding carboxylic acids is 2. The van der Waals surface area contributed by atoms with Gasteiger partial charge in [-0.15, -0.1) is 0 Å². The first kappa shape index (κ1) is 19.6. The van der Waals surface area contributed by atoms with E-state index in [-0.39, 0.29) is 23.7 Å². The summed E-state index contributed by atoms with van der Waals surface area (Å²) in [6.07, 6.45) is 1.37. The lowest BCUT2D eigenvalue weighted by Crippen LogP contribution is -2.27. The van der Waals surface area contributed by atoms with E-state index in [4.69, 9.17) is 14.2 Å². The lowest BCUT2D eigenvalue weighted by molar-refractivity contribution is -0.157. The van der Waals surface area contributed by atoms with Crippen molar-refractivity contribution in [3.05, 3.63) is 64.7 Å². The van der Waals surface area contributed by atoms with E-state index in [1.54, 1.807) is 52.0 Å². The third kappa shape index (κ3) is 4.39. The van der Waals surface area contributed by atoms with Crippen molar-refractivity contribution < 1.29 is 28.2 Å². The molecule has 0 fully saturated rings. The molecule has 6 heteroatoms. The number of ether oxygens (including phenoxy) is 3. The first-order chi connectivity index (χ1) is 13.1. The van der Waals surface area contributed by atoms with E-state index in [9.17, 15) is 14.0 Å². The summed E-state index contributed by atoms with van der Waals surface area (Å²) >= 11 is 0. The number of esters is 1. The molecule has 1 heterocycles. The molecule has 0 aromatic heterocycles. The van der Waals surface area contributed by atoms with Gasteiger partial charge in [0, 0.05) is 11.6 Å². The average Bonchev–Trinajstić information content (AvgIpc) is 2.90. The minimum absolute atomic E-state index is 0.0347. The van der Waals surface area contributed by atoms with Crippen LogP contribution < -0.4 is 9.47 Å². The summed E-state index contributed by atoms with van der Waals surface area (Å²) in [6.45, 7) is 6.79. The maximum Gasteiger partial charge on any atom is 0.344 e. The molecule has 0 atom stereocenters. The number of rotatable bonds is 4. The van der Waals surface area contributed by atoms with E-state index in [0.717, 1.165) is 0 Å². The molecule has 1 aliphatic heterocycles. The van der Waals surface area contributed by atoms with Crippen molar-refractivity contribution in [2.24, 2.45) is 0 Å². The van der Waals surface area contributed by atoms with Gasteiger partial charge >= 0.3 is 5.97 Å². The molecule has 0 spiro atoms. The Hall–Kier alpha value is -3.15. The van der Waals surface area contributed by atoms with Gasteiger partial charge in [-0.2, -0.15) is 0 Å². The van der Waals surface area contributed by atoms with E-state index in [1.165, 1.54) is 18.2 Å². The fourth-order valence-corrected chi connectivity index (χ4v) is 2.81. The summed E-state index contributed by atoms with van der Waals surface area (Å²) in [5.41, 5.74) is 0.694. The van der Waals surface area contributed by atoms with Crippen LogP contribution in [0.25, 0.3) is 6.08 Å². The summed E-state index contributed by atoms with van der Waals surface area (Å²) in [5.74, 6) is -0.543. The minimum Gasteiger partial charge on any atom is -0.482 e. The second-order valence-electron chi connectivity index (χ2n) is 7.45. The van der Waals surface area contributed by atoms with Crippen molar-refractivity contribution in [1.82, 2.24) is 0 Å². The van der Waals surface area contributed by atoms with Crippen LogP contribution in [0.5, 0.6) is 11.5 Å². The Morgan fingerprint density at radius 1 is 1.21 bits per heavy atom. The summed E-state index contributed by atoms with van der Waals surface area (Å²) in [4.78, 5) is 24.4. The van der Waals surface area contributed by atoms with Crippen molar-refractivity contribution in [2.75, 3.05) is 6.61 Å². The maximum atomic E-state index is 13.9. The van der Waals surface area contributed by atoms with Gasteiger partial charge in [-0.25, -0.2) is 9.18 Å². The highest BCUT2D eigenvalue weighted by atomic mass is 19.1. The average molecular weight is 384 g/mol. The highest BCUT2D eigenvalue weighted by Crippen LogP contribution is 2.37. The minimum atomic E-state index is -0.601. The number of benzene rings is 2. The predicted molar refractivity (Wildman–Crippen MR) is 102 cm³/mol.